The molecule has 156 valence electrons. The number of nitrogens with zero attached hydrogens (tertiary/aromatic N) is 1. The van der Waals surface area contributed by atoms with E-state index in [0.29, 0.717) is 25.8 Å². The number of amides is 2. The van der Waals surface area contributed by atoms with Crippen LogP contribution in [-0.4, -0.2) is 29.3 Å². The Balaban J connectivity index is 2.15. The van der Waals surface area contributed by atoms with Crippen LogP contribution in [0.3, 0.4) is 0 Å². The summed E-state index contributed by atoms with van der Waals surface area (Å²) >= 11 is 0. The van der Waals surface area contributed by atoms with Gasteiger partial charge in [-0.05, 0) is 55.0 Å². The lowest BCUT2D eigenvalue weighted by Crippen LogP contribution is -2.49. The number of halogens is 1. The van der Waals surface area contributed by atoms with Crippen LogP contribution in [0.5, 0.6) is 0 Å². The summed E-state index contributed by atoms with van der Waals surface area (Å²) in [6, 6.07) is 13.8. The number of benzene rings is 2. The molecule has 0 aliphatic rings. The quantitative estimate of drug-likeness (QED) is 0.650. The second-order valence-electron chi connectivity index (χ2n) is 7.14. The van der Waals surface area contributed by atoms with Crippen LogP contribution in [-0.2, 0) is 29.0 Å². The van der Waals surface area contributed by atoms with Gasteiger partial charge in [0.2, 0.25) is 11.8 Å². The van der Waals surface area contributed by atoms with Crippen LogP contribution in [0.4, 0.5) is 4.39 Å². The van der Waals surface area contributed by atoms with Crippen molar-refractivity contribution in [2.24, 2.45) is 0 Å². The minimum atomic E-state index is -0.546. The second-order valence-corrected chi connectivity index (χ2v) is 7.14. The van der Waals surface area contributed by atoms with E-state index in [4.69, 9.17) is 0 Å². The molecular formula is C24H31FN2O2. The number of likely N-dealkylation sites (N-methyl/N-ethyl adjacent to an activating group) is 1. The smallest absolute Gasteiger partial charge is 0.242 e. The van der Waals surface area contributed by atoms with Gasteiger partial charge in [0.25, 0.3) is 0 Å². The molecule has 0 aromatic heterocycles. The fraction of sp³-hybridized carbons (Fsp3) is 0.417. The second kappa shape index (κ2) is 11.3. The largest absolute Gasteiger partial charge is 0.355 e. The van der Waals surface area contributed by atoms with Crippen molar-refractivity contribution in [3.63, 3.8) is 0 Å². The summed E-state index contributed by atoms with van der Waals surface area (Å²) in [5, 5.41) is 2.82. The molecule has 0 heterocycles. The van der Waals surface area contributed by atoms with Gasteiger partial charge >= 0.3 is 0 Å². The maximum Gasteiger partial charge on any atom is 0.242 e. The van der Waals surface area contributed by atoms with Crippen molar-refractivity contribution in [3.8, 4) is 0 Å². The molecule has 2 amide bonds. The molecule has 0 bridgehead atoms. The topological polar surface area (TPSA) is 49.4 Å². The van der Waals surface area contributed by atoms with Gasteiger partial charge in [-0.2, -0.15) is 0 Å². The zero-order valence-corrected chi connectivity index (χ0v) is 17.6. The molecule has 0 aliphatic heterocycles. The highest BCUT2D eigenvalue weighted by molar-refractivity contribution is 5.87. The fourth-order valence-electron chi connectivity index (χ4n) is 3.33. The first-order chi connectivity index (χ1) is 14.0. The van der Waals surface area contributed by atoms with Gasteiger partial charge in [0, 0.05) is 19.5 Å². The standard InChI is InChI=1S/C24H31FN2O2/c1-4-18-7-9-19(10-8-18)13-16-23(28)27(22(5-2)24(29)26-6-3)17-20-11-14-21(25)15-12-20/h7-12,14-15,22H,4-6,13,16-17H2,1-3H3,(H,26,29)/t22-/m0/s1. The van der Waals surface area contributed by atoms with Crippen LogP contribution in [0, 0.1) is 5.82 Å². The molecule has 0 unspecified atom stereocenters. The predicted octanol–water partition coefficient (Wildman–Crippen LogP) is 4.26. The van der Waals surface area contributed by atoms with E-state index in [1.165, 1.54) is 17.7 Å². The Morgan fingerprint density at radius 2 is 1.52 bits per heavy atom. The molecule has 0 spiro atoms. The van der Waals surface area contributed by atoms with E-state index in [-0.39, 0.29) is 24.2 Å². The van der Waals surface area contributed by atoms with E-state index in [1.807, 2.05) is 13.8 Å². The van der Waals surface area contributed by atoms with Crippen molar-refractivity contribution in [1.82, 2.24) is 10.2 Å². The maximum atomic E-state index is 13.3. The third kappa shape index (κ3) is 6.70. The molecule has 0 saturated heterocycles. The average Bonchev–Trinajstić information content (AvgIpc) is 2.73. The molecule has 2 rings (SSSR count). The molecule has 1 atom stereocenters. The van der Waals surface area contributed by atoms with Gasteiger partial charge in [0.15, 0.2) is 0 Å². The number of aryl methyl sites for hydroxylation is 2. The van der Waals surface area contributed by atoms with Crippen LogP contribution in [0.15, 0.2) is 48.5 Å². The zero-order chi connectivity index (χ0) is 21.2. The lowest BCUT2D eigenvalue weighted by Gasteiger charge is -2.30. The van der Waals surface area contributed by atoms with Gasteiger partial charge in [-0.25, -0.2) is 4.39 Å². The Kier molecular flexibility index (Phi) is 8.84. The molecular weight excluding hydrogens is 367 g/mol. The number of carbonyl (C=O) groups excluding carboxylic acids is 2. The van der Waals surface area contributed by atoms with E-state index >= 15 is 0 Å². The average molecular weight is 399 g/mol. The molecule has 29 heavy (non-hydrogen) atoms. The van der Waals surface area contributed by atoms with Gasteiger partial charge in [-0.3, -0.25) is 9.59 Å². The van der Waals surface area contributed by atoms with Crippen LogP contribution < -0.4 is 5.32 Å². The van der Waals surface area contributed by atoms with E-state index in [2.05, 4.69) is 36.5 Å². The summed E-state index contributed by atoms with van der Waals surface area (Å²) in [6.07, 6.45) is 2.44. The first-order valence-electron chi connectivity index (χ1n) is 10.4. The molecule has 4 nitrogen and oxygen atoms in total. The summed E-state index contributed by atoms with van der Waals surface area (Å²) in [7, 11) is 0. The van der Waals surface area contributed by atoms with Gasteiger partial charge in [-0.15, -0.1) is 0 Å². The van der Waals surface area contributed by atoms with Crippen LogP contribution in [0.2, 0.25) is 0 Å². The highest BCUT2D eigenvalue weighted by Gasteiger charge is 2.28. The number of hydrogen-bond acceptors (Lipinski definition) is 2. The highest BCUT2D eigenvalue weighted by atomic mass is 19.1. The van der Waals surface area contributed by atoms with Crippen molar-refractivity contribution >= 4 is 11.8 Å². The van der Waals surface area contributed by atoms with Crippen molar-refractivity contribution in [1.29, 1.82) is 0 Å². The molecule has 0 aliphatic carbocycles. The molecule has 0 fully saturated rings. The van der Waals surface area contributed by atoms with Crippen molar-refractivity contribution in [2.45, 2.75) is 59.0 Å². The summed E-state index contributed by atoms with van der Waals surface area (Å²) in [5.41, 5.74) is 3.17. The number of hydrogen-bond donors (Lipinski definition) is 1. The van der Waals surface area contributed by atoms with E-state index < -0.39 is 6.04 Å². The summed E-state index contributed by atoms with van der Waals surface area (Å²) in [6.45, 7) is 6.66. The van der Waals surface area contributed by atoms with E-state index in [0.717, 1.165) is 17.5 Å². The van der Waals surface area contributed by atoms with E-state index in [9.17, 15) is 14.0 Å². The first kappa shape index (κ1) is 22.6. The Bertz CT molecular complexity index is 788. The van der Waals surface area contributed by atoms with Crippen molar-refractivity contribution < 1.29 is 14.0 Å². The van der Waals surface area contributed by atoms with Crippen molar-refractivity contribution in [2.75, 3.05) is 6.54 Å². The minimum absolute atomic E-state index is 0.0769. The van der Waals surface area contributed by atoms with Crippen LogP contribution in [0.1, 0.15) is 50.3 Å². The molecule has 0 radical (unpaired) electrons. The third-order valence-electron chi connectivity index (χ3n) is 5.06. The Morgan fingerprint density at radius 1 is 0.931 bits per heavy atom. The molecule has 0 saturated carbocycles. The number of nitrogens with one attached hydrogen (secondary N) is 1. The zero-order valence-electron chi connectivity index (χ0n) is 17.6. The van der Waals surface area contributed by atoms with Crippen molar-refractivity contribution in [3.05, 3.63) is 71.0 Å². The summed E-state index contributed by atoms with van der Waals surface area (Å²) in [4.78, 5) is 27.3. The maximum absolute atomic E-state index is 13.3. The number of carbonyl (C=O) groups is 2. The van der Waals surface area contributed by atoms with Crippen LogP contribution in [0.25, 0.3) is 0 Å². The molecule has 1 N–H and O–H groups in total. The normalized spacial score (nSPS) is 11.7. The van der Waals surface area contributed by atoms with Gasteiger partial charge in [-0.1, -0.05) is 50.2 Å². The monoisotopic (exact) mass is 398 g/mol. The number of rotatable bonds is 10. The molecule has 2 aromatic carbocycles. The molecule has 2 aromatic rings. The summed E-state index contributed by atoms with van der Waals surface area (Å²) < 4.78 is 13.3. The van der Waals surface area contributed by atoms with E-state index in [1.54, 1.807) is 17.0 Å². The predicted molar refractivity (Wildman–Crippen MR) is 114 cm³/mol. The van der Waals surface area contributed by atoms with Crippen LogP contribution >= 0.6 is 0 Å². The minimum Gasteiger partial charge on any atom is -0.355 e. The first-order valence-corrected chi connectivity index (χ1v) is 10.4. The Hall–Kier alpha value is -2.69. The summed E-state index contributed by atoms with van der Waals surface area (Å²) in [5.74, 6) is -0.553. The molecule has 5 heteroatoms. The Labute approximate surface area is 173 Å². The lowest BCUT2D eigenvalue weighted by molar-refractivity contribution is -0.141. The SMILES string of the molecule is CCNC(=O)[C@H](CC)N(Cc1ccc(F)cc1)C(=O)CCc1ccc(CC)cc1. The highest BCUT2D eigenvalue weighted by Crippen LogP contribution is 2.16. The van der Waals surface area contributed by atoms with Gasteiger partial charge in [0.05, 0.1) is 0 Å². The lowest BCUT2D eigenvalue weighted by atomic mass is 10.0. The van der Waals surface area contributed by atoms with Gasteiger partial charge < -0.3 is 10.2 Å². The Morgan fingerprint density at radius 3 is 2.07 bits per heavy atom. The van der Waals surface area contributed by atoms with Gasteiger partial charge in [0.1, 0.15) is 11.9 Å². The third-order valence-corrected chi connectivity index (χ3v) is 5.06. The fourth-order valence-corrected chi connectivity index (χ4v) is 3.33.